The van der Waals surface area contributed by atoms with Gasteiger partial charge in [-0.1, -0.05) is 48.9 Å². The number of rotatable bonds is 10. The number of ether oxygens (including phenoxy) is 2. The van der Waals surface area contributed by atoms with E-state index in [1.54, 1.807) is 18.7 Å². The van der Waals surface area contributed by atoms with Gasteiger partial charge < -0.3 is 19.5 Å². The van der Waals surface area contributed by atoms with Crippen molar-refractivity contribution in [2.45, 2.75) is 77.0 Å². The summed E-state index contributed by atoms with van der Waals surface area (Å²) in [7, 11) is 0. The summed E-state index contributed by atoms with van der Waals surface area (Å²) >= 11 is 6.14. The molecule has 43 heavy (non-hydrogen) atoms. The summed E-state index contributed by atoms with van der Waals surface area (Å²) in [6.45, 7) is 5.52. The molecule has 3 aromatic rings. The van der Waals surface area contributed by atoms with Crippen molar-refractivity contribution in [2.75, 3.05) is 18.1 Å². The van der Waals surface area contributed by atoms with Crippen LogP contribution in [0.15, 0.2) is 60.9 Å². The molecule has 1 N–H and O–H groups in total. The first kappa shape index (κ1) is 32.3. The van der Waals surface area contributed by atoms with Crippen LogP contribution in [0.2, 0.25) is 5.02 Å². The maximum Gasteiger partial charge on any atom is 0.416 e. The Morgan fingerprint density at radius 2 is 1.84 bits per heavy atom. The van der Waals surface area contributed by atoms with Gasteiger partial charge in [0.25, 0.3) is 0 Å². The zero-order valence-electron chi connectivity index (χ0n) is 24.3. The highest BCUT2D eigenvalue weighted by Crippen LogP contribution is 2.40. The normalized spacial score (nSPS) is 18.9. The van der Waals surface area contributed by atoms with Gasteiger partial charge in [0.2, 0.25) is 5.95 Å². The number of carbonyl (C=O) groups excluding carboxylic acids is 1. The van der Waals surface area contributed by atoms with Crippen LogP contribution in [0.4, 0.5) is 23.9 Å². The van der Waals surface area contributed by atoms with E-state index >= 15 is 0 Å². The van der Waals surface area contributed by atoms with Gasteiger partial charge in [0.05, 0.1) is 36.7 Å². The molecule has 1 aliphatic rings. The van der Waals surface area contributed by atoms with E-state index in [9.17, 15) is 18.0 Å². The van der Waals surface area contributed by atoms with Crippen LogP contribution < -0.4 is 9.64 Å². The molecule has 1 aromatic heterocycles. The van der Waals surface area contributed by atoms with Gasteiger partial charge in [0.1, 0.15) is 6.61 Å². The number of hydrogen-bond acceptors (Lipinski definition) is 7. The molecule has 1 unspecified atom stereocenters. The fraction of sp³-hybridized carbons (Fsp3) is 0.452. The van der Waals surface area contributed by atoms with Crippen molar-refractivity contribution in [2.24, 2.45) is 0 Å². The second-order valence-corrected chi connectivity index (χ2v) is 11.2. The molecule has 4 rings (SSSR count). The molecule has 2 aromatic carbocycles. The van der Waals surface area contributed by atoms with E-state index in [1.807, 2.05) is 42.2 Å². The van der Waals surface area contributed by atoms with Crippen LogP contribution in [0, 0.1) is 0 Å². The first-order chi connectivity index (χ1) is 20.5. The Morgan fingerprint density at radius 3 is 2.44 bits per heavy atom. The molecule has 3 atom stereocenters. The second-order valence-electron chi connectivity index (χ2n) is 10.7. The molecule has 1 amide bonds. The van der Waals surface area contributed by atoms with Crippen LogP contribution in [-0.2, 0) is 17.5 Å². The molecule has 8 nitrogen and oxygen atoms in total. The number of halogens is 4. The van der Waals surface area contributed by atoms with E-state index in [1.165, 1.54) is 18.5 Å². The quantitative estimate of drug-likeness (QED) is 0.260. The summed E-state index contributed by atoms with van der Waals surface area (Å²) in [4.78, 5) is 26.0. The lowest BCUT2D eigenvalue weighted by atomic mass is 9.85. The summed E-state index contributed by atoms with van der Waals surface area (Å²) < 4.78 is 52.1. The first-order valence-electron chi connectivity index (χ1n) is 14.2. The molecule has 1 fully saturated rings. The van der Waals surface area contributed by atoms with Gasteiger partial charge in [-0.3, -0.25) is 4.90 Å². The van der Waals surface area contributed by atoms with Crippen molar-refractivity contribution in [3.05, 3.63) is 82.6 Å². The third kappa shape index (κ3) is 8.29. The molecule has 0 spiro atoms. The average molecular weight is 621 g/mol. The molecule has 12 heteroatoms. The number of aliphatic hydroxyl groups is 1. The summed E-state index contributed by atoms with van der Waals surface area (Å²) in [6.07, 6.45) is -0.770. The highest BCUT2D eigenvalue weighted by atomic mass is 35.5. The Hall–Kier alpha value is -3.57. The van der Waals surface area contributed by atoms with Crippen LogP contribution >= 0.6 is 11.6 Å². The SMILES string of the molecule is CC[C@@H]1C[C@H](N(Cc2cc(Cl)cc(C(F)(F)F)c2)c2ncc(OCCO)cn2)CC(c2ccccc2)N1C(=O)OC(C)C. The number of amides is 1. The van der Waals surface area contributed by atoms with Gasteiger partial charge in [0.15, 0.2) is 5.75 Å². The predicted molar refractivity (Wildman–Crippen MR) is 157 cm³/mol. The first-order valence-corrected chi connectivity index (χ1v) is 14.6. The molecule has 0 aliphatic carbocycles. The molecule has 0 radical (unpaired) electrons. The average Bonchev–Trinajstić information content (AvgIpc) is 2.98. The zero-order valence-corrected chi connectivity index (χ0v) is 25.1. The minimum Gasteiger partial charge on any atom is -0.488 e. The van der Waals surface area contributed by atoms with Crippen LogP contribution in [0.3, 0.4) is 0 Å². The van der Waals surface area contributed by atoms with Crippen molar-refractivity contribution < 1.29 is 32.5 Å². The minimum atomic E-state index is -4.57. The third-order valence-electron chi connectivity index (χ3n) is 7.28. The van der Waals surface area contributed by atoms with Crippen molar-refractivity contribution >= 4 is 23.6 Å². The predicted octanol–water partition coefficient (Wildman–Crippen LogP) is 7.06. The number of nitrogens with zero attached hydrogens (tertiary/aromatic N) is 4. The molecule has 2 heterocycles. The van der Waals surface area contributed by atoms with Gasteiger partial charge in [-0.25, -0.2) is 14.8 Å². The van der Waals surface area contributed by atoms with E-state index in [0.29, 0.717) is 30.6 Å². The lowest BCUT2D eigenvalue weighted by Gasteiger charge is -2.47. The number of likely N-dealkylation sites (tertiary alicyclic amines) is 1. The highest BCUT2D eigenvalue weighted by molar-refractivity contribution is 6.30. The maximum atomic E-state index is 13.7. The van der Waals surface area contributed by atoms with Crippen LogP contribution in [0.5, 0.6) is 5.75 Å². The number of carbonyl (C=O) groups is 1. The monoisotopic (exact) mass is 620 g/mol. The summed E-state index contributed by atoms with van der Waals surface area (Å²) in [5.41, 5.74) is 0.417. The molecule has 1 aliphatic heterocycles. The van der Waals surface area contributed by atoms with E-state index < -0.39 is 17.8 Å². The molecular weight excluding hydrogens is 585 g/mol. The highest BCUT2D eigenvalue weighted by Gasteiger charge is 2.42. The molecule has 1 saturated heterocycles. The largest absolute Gasteiger partial charge is 0.488 e. The van der Waals surface area contributed by atoms with Gasteiger partial charge in [-0.15, -0.1) is 0 Å². The summed E-state index contributed by atoms with van der Waals surface area (Å²) in [5.74, 6) is 0.634. The number of piperidine rings is 1. The van der Waals surface area contributed by atoms with Crippen molar-refractivity contribution in [1.29, 1.82) is 0 Å². The number of aliphatic hydroxyl groups excluding tert-OH is 1. The number of alkyl halides is 3. The van der Waals surface area contributed by atoms with Gasteiger partial charge in [0, 0.05) is 23.7 Å². The third-order valence-corrected chi connectivity index (χ3v) is 7.50. The second kappa shape index (κ2) is 14.3. The summed E-state index contributed by atoms with van der Waals surface area (Å²) in [5, 5.41) is 9.05. The molecule has 0 bridgehead atoms. The van der Waals surface area contributed by atoms with E-state index in [2.05, 4.69) is 9.97 Å². The Kier molecular flexibility index (Phi) is 10.7. The Morgan fingerprint density at radius 1 is 1.14 bits per heavy atom. The summed E-state index contributed by atoms with van der Waals surface area (Å²) in [6, 6.07) is 12.2. The van der Waals surface area contributed by atoms with E-state index in [4.69, 9.17) is 26.2 Å². The maximum absolute atomic E-state index is 13.7. The van der Waals surface area contributed by atoms with Gasteiger partial charge >= 0.3 is 12.3 Å². The van der Waals surface area contributed by atoms with Crippen molar-refractivity contribution in [1.82, 2.24) is 14.9 Å². The lowest BCUT2D eigenvalue weighted by Crippen LogP contribution is -2.54. The Labute approximate surface area is 254 Å². The lowest BCUT2D eigenvalue weighted by molar-refractivity contribution is -0.137. The molecule has 0 saturated carbocycles. The van der Waals surface area contributed by atoms with Crippen LogP contribution in [0.1, 0.15) is 62.8 Å². The number of hydrogen-bond donors (Lipinski definition) is 1. The van der Waals surface area contributed by atoms with E-state index in [-0.39, 0.29) is 55.0 Å². The van der Waals surface area contributed by atoms with Crippen molar-refractivity contribution in [3.8, 4) is 5.75 Å². The van der Waals surface area contributed by atoms with Crippen molar-refractivity contribution in [3.63, 3.8) is 0 Å². The molecule has 232 valence electrons. The zero-order chi connectivity index (χ0) is 31.1. The Bertz CT molecular complexity index is 1350. The smallest absolute Gasteiger partial charge is 0.416 e. The fourth-order valence-corrected chi connectivity index (χ4v) is 5.70. The number of anilines is 1. The van der Waals surface area contributed by atoms with E-state index in [0.717, 1.165) is 17.7 Å². The Balaban J connectivity index is 1.76. The number of aromatic nitrogens is 2. The van der Waals surface area contributed by atoms with Crippen LogP contribution in [-0.4, -0.2) is 57.5 Å². The topological polar surface area (TPSA) is 88.0 Å². The number of benzene rings is 2. The van der Waals surface area contributed by atoms with Gasteiger partial charge in [-0.05, 0) is 62.4 Å². The van der Waals surface area contributed by atoms with Crippen LogP contribution in [0.25, 0.3) is 0 Å². The molecular formula is C31H36ClF3N4O4. The minimum absolute atomic E-state index is 0.0294. The fourth-order valence-electron chi connectivity index (χ4n) is 5.44. The standard InChI is InChI=1S/C31H36ClF3N4O4/c1-4-25-15-26(16-28(22-8-6-5-7-9-22)39(25)30(41)43-20(2)3)38(29-36-17-27(18-37-29)42-11-10-40)19-21-12-23(31(33,34)35)14-24(32)13-21/h5-9,12-14,17-18,20,25-26,28,40H,4,10-11,15-16,19H2,1-3H3/t25-,26+,28?/m1/s1. The van der Waals surface area contributed by atoms with Gasteiger partial charge in [-0.2, -0.15) is 13.2 Å².